The summed E-state index contributed by atoms with van der Waals surface area (Å²) in [6.07, 6.45) is 1.64. The van der Waals surface area contributed by atoms with Gasteiger partial charge < -0.3 is 15.1 Å². The maximum absolute atomic E-state index is 13.2. The molecule has 1 aliphatic rings. The van der Waals surface area contributed by atoms with Gasteiger partial charge in [0, 0.05) is 0 Å². The summed E-state index contributed by atoms with van der Waals surface area (Å²) in [6, 6.07) is 6.92. The van der Waals surface area contributed by atoms with Crippen LogP contribution in [0.5, 0.6) is 0 Å². The van der Waals surface area contributed by atoms with Crippen molar-refractivity contribution in [1.29, 1.82) is 0 Å². The number of halogens is 1. The molecule has 3 rings (SSSR count). The lowest BCUT2D eigenvalue weighted by Crippen LogP contribution is -2.47. The summed E-state index contributed by atoms with van der Waals surface area (Å²) in [5.41, 5.74) is -0.995. The molecule has 0 radical (unpaired) electrons. The molecule has 0 aliphatic carbocycles. The second-order valence-corrected chi connectivity index (χ2v) is 6.40. The minimum absolute atomic E-state index is 0.0682. The molecule has 152 valence electrons. The molecule has 0 saturated carbocycles. The monoisotopic (exact) mass is 402 g/mol. The van der Waals surface area contributed by atoms with E-state index in [2.05, 4.69) is 10.6 Å². The van der Waals surface area contributed by atoms with Gasteiger partial charge in [0.05, 0.1) is 12.8 Å². The predicted octanol–water partition coefficient (Wildman–Crippen LogP) is 1.60. The van der Waals surface area contributed by atoms with Gasteiger partial charge in [0.25, 0.3) is 5.91 Å². The quantitative estimate of drug-likeness (QED) is 0.634. The lowest BCUT2D eigenvalue weighted by molar-refractivity contribution is -0.135. The molecule has 1 fully saturated rings. The van der Waals surface area contributed by atoms with E-state index < -0.39 is 41.8 Å². The molecule has 1 aromatic heterocycles. The standard InChI is InChI=1S/C19H19FN4O5/c1-2-19(12-5-7-13(20)8-6-12)16(26)24(18(28)23-19)11-15(25)22-17(27)21-10-14-4-3-9-29-14/h3-9H,2,10-11H2,1H3,(H,23,28)(H2,21,22,25,27)/t19-/m0/s1. The predicted molar refractivity (Wildman–Crippen MR) is 97.7 cm³/mol. The molecule has 0 unspecified atom stereocenters. The summed E-state index contributed by atoms with van der Waals surface area (Å²) in [5, 5.41) is 7.04. The van der Waals surface area contributed by atoms with Crippen molar-refractivity contribution < 1.29 is 28.0 Å². The highest BCUT2D eigenvalue weighted by molar-refractivity contribution is 6.10. The highest BCUT2D eigenvalue weighted by Crippen LogP contribution is 2.32. The molecule has 0 spiro atoms. The number of carbonyl (C=O) groups is 4. The Labute approximate surface area is 165 Å². The summed E-state index contributed by atoms with van der Waals surface area (Å²) in [7, 11) is 0. The van der Waals surface area contributed by atoms with E-state index in [1.807, 2.05) is 5.32 Å². The Morgan fingerprint density at radius 3 is 2.55 bits per heavy atom. The summed E-state index contributed by atoms with van der Waals surface area (Å²) >= 11 is 0. The second-order valence-electron chi connectivity index (χ2n) is 6.40. The maximum Gasteiger partial charge on any atom is 0.325 e. The van der Waals surface area contributed by atoms with Crippen LogP contribution in [0.3, 0.4) is 0 Å². The fourth-order valence-electron chi connectivity index (χ4n) is 3.08. The molecule has 0 bridgehead atoms. The third-order valence-electron chi connectivity index (χ3n) is 4.60. The number of hydrogen-bond acceptors (Lipinski definition) is 5. The number of urea groups is 2. The van der Waals surface area contributed by atoms with E-state index in [0.29, 0.717) is 11.3 Å². The molecule has 1 aliphatic heterocycles. The smallest absolute Gasteiger partial charge is 0.325 e. The number of rotatable bonds is 6. The minimum Gasteiger partial charge on any atom is -0.467 e. The van der Waals surface area contributed by atoms with E-state index in [1.54, 1.807) is 19.1 Å². The largest absolute Gasteiger partial charge is 0.467 e. The zero-order chi connectivity index (χ0) is 21.0. The third kappa shape index (κ3) is 4.10. The molecule has 29 heavy (non-hydrogen) atoms. The number of imide groups is 2. The Morgan fingerprint density at radius 2 is 1.93 bits per heavy atom. The van der Waals surface area contributed by atoms with Crippen LogP contribution >= 0.6 is 0 Å². The van der Waals surface area contributed by atoms with Crippen LogP contribution in [0.2, 0.25) is 0 Å². The van der Waals surface area contributed by atoms with Crippen LogP contribution in [-0.4, -0.2) is 35.3 Å². The Balaban J connectivity index is 1.63. The molecular formula is C19H19FN4O5. The van der Waals surface area contributed by atoms with Gasteiger partial charge in [-0.1, -0.05) is 19.1 Å². The van der Waals surface area contributed by atoms with Crippen molar-refractivity contribution in [2.45, 2.75) is 25.4 Å². The minimum atomic E-state index is -1.40. The first-order chi connectivity index (χ1) is 13.9. The Bertz CT molecular complexity index is 929. The van der Waals surface area contributed by atoms with Crippen molar-refractivity contribution in [2.75, 3.05) is 6.54 Å². The van der Waals surface area contributed by atoms with Crippen LogP contribution in [0, 0.1) is 5.82 Å². The zero-order valence-electron chi connectivity index (χ0n) is 15.5. The number of hydrogen-bond donors (Lipinski definition) is 3. The number of benzene rings is 1. The molecular weight excluding hydrogens is 383 g/mol. The van der Waals surface area contributed by atoms with Gasteiger partial charge in [0.1, 0.15) is 23.7 Å². The fraction of sp³-hybridized carbons (Fsp3) is 0.263. The molecule has 1 aromatic carbocycles. The lowest BCUT2D eigenvalue weighted by atomic mass is 9.87. The number of nitrogens with one attached hydrogen (secondary N) is 3. The first kappa shape index (κ1) is 20.1. The summed E-state index contributed by atoms with van der Waals surface area (Å²) < 4.78 is 18.3. The molecule has 10 heteroatoms. The van der Waals surface area contributed by atoms with Crippen LogP contribution < -0.4 is 16.0 Å². The van der Waals surface area contributed by atoms with E-state index >= 15 is 0 Å². The first-order valence-corrected chi connectivity index (χ1v) is 8.86. The van der Waals surface area contributed by atoms with Gasteiger partial charge in [-0.3, -0.25) is 19.8 Å². The molecule has 1 atom stereocenters. The SMILES string of the molecule is CC[C@@]1(c2ccc(F)cc2)NC(=O)N(CC(=O)NC(=O)NCc2ccco2)C1=O. The van der Waals surface area contributed by atoms with E-state index in [-0.39, 0.29) is 13.0 Å². The molecule has 3 N–H and O–H groups in total. The van der Waals surface area contributed by atoms with E-state index in [4.69, 9.17) is 4.42 Å². The van der Waals surface area contributed by atoms with Gasteiger partial charge in [-0.25, -0.2) is 14.0 Å². The van der Waals surface area contributed by atoms with Crippen LogP contribution in [-0.2, 0) is 21.7 Å². The average Bonchev–Trinajstić information content (AvgIpc) is 3.29. The molecule has 6 amide bonds. The van der Waals surface area contributed by atoms with Gasteiger partial charge in [-0.05, 0) is 36.2 Å². The van der Waals surface area contributed by atoms with Crippen LogP contribution in [0.25, 0.3) is 0 Å². The van der Waals surface area contributed by atoms with Gasteiger partial charge in [-0.2, -0.15) is 0 Å². The van der Waals surface area contributed by atoms with Crippen molar-refractivity contribution in [1.82, 2.24) is 20.9 Å². The Hall–Kier alpha value is -3.69. The zero-order valence-corrected chi connectivity index (χ0v) is 15.5. The number of nitrogens with zero attached hydrogens (tertiary/aromatic N) is 1. The molecule has 9 nitrogen and oxygen atoms in total. The van der Waals surface area contributed by atoms with Crippen molar-refractivity contribution in [3.05, 3.63) is 59.8 Å². The summed E-state index contributed by atoms with van der Waals surface area (Å²) in [6.45, 7) is 1.12. The van der Waals surface area contributed by atoms with Crippen molar-refractivity contribution in [2.24, 2.45) is 0 Å². The highest BCUT2D eigenvalue weighted by atomic mass is 19.1. The average molecular weight is 402 g/mol. The number of furan rings is 1. The topological polar surface area (TPSA) is 121 Å². The molecule has 2 aromatic rings. The summed E-state index contributed by atoms with van der Waals surface area (Å²) in [4.78, 5) is 49.9. The van der Waals surface area contributed by atoms with Gasteiger partial charge in [0.2, 0.25) is 5.91 Å². The lowest BCUT2D eigenvalue weighted by Gasteiger charge is -2.25. The summed E-state index contributed by atoms with van der Waals surface area (Å²) in [5.74, 6) is -1.47. The van der Waals surface area contributed by atoms with Crippen molar-refractivity contribution >= 4 is 23.9 Å². The number of amides is 6. The molecule has 1 saturated heterocycles. The Morgan fingerprint density at radius 1 is 1.21 bits per heavy atom. The Kier molecular flexibility index (Phi) is 5.62. The fourth-order valence-corrected chi connectivity index (χ4v) is 3.08. The van der Waals surface area contributed by atoms with Gasteiger partial charge >= 0.3 is 12.1 Å². The van der Waals surface area contributed by atoms with Crippen LogP contribution in [0.1, 0.15) is 24.7 Å². The van der Waals surface area contributed by atoms with Crippen LogP contribution in [0.15, 0.2) is 47.1 Å². The first-order valence-electron chi connectivity index (χ1n) is 8.86. The maximum atomic E-state index is 13.2. The molecule has 2 heterocycles. The van der Waals surface area contributed by atoms with Crippen LogP contribution in [0.4, 0.5) is 14.0 Å². The number of carbonyl (C=O) groups excluding carboxylic acids is 4. The third-order valence-corrected chi connectivity index (χ3v) is 4.60. The van der Waals surface area contributed by atoms with Crippen molar-refractivity contribution in [3.63, 3.8) is 0 Å². The highest BCUT2D eigenvalue weighted by Gasteiger charge is 2.51. The van der Waals surface area contributed by atoms with E-state index in [1.165, 1.54) is 30.5 Å². The normalized spacial score (nSPS) is 18.5. The van der Waals surface area contributed by atoms with Crippen molar-refractivity contribution in [3.8, 4) is 0 Å². The van der Waals surface area contributed by atoms with Gasteiger partial charge in [-0.15, -0.1) is 0 Å². The van der Waals surface area contributed by atoms with E-state index in [9.17, 15) is 23.6 Å². The van der Waals surface area contributed by atoms with E-state index in [0.717, 1.165) is 4.90 Å². The second kappa shape index (κ2) is 8.13. The van der Waals surface area contributed by atoms with Gasteiger partial charge in [0.15, 0.2) is 0 Å².